The normalized spacial score (nSPS) is 16.1. The van der Waals surface area contributed by atoms with Crippen LogP contribution in [0.2, 0.25) is 0 Å². The summed E-state index contributed by atoms with van der Waals surface area (Å²) in [6.45, 7) is 3.73. The minimum absolute atomic E-state index is 0.0137. The van der Waals surface area contributed by atoms with E-state index in [1.165, 1.54) is 24.3 Å². The lowest BCUT2D eigenvalue weighted by Gasteiger charge is -2.35. The number of hydrogen-bond donors (Lipinski definition) is 1. The van der Waals surface area contributed by atoms with Gasteiger partial charge < -0.3 is 19.0 Å². The number of halogens is 4. The van der Waals surface area contributed by atoms with Crippen molar-refractivity contribution in [2.45, 2.75) is 19.3 Å². The molecule has 2 aliphatic heterocycles. The van der Waals surface area contributed by atoms with Gasteiger partial charge in [-0.1, -0.05) is 34.1 Å². The Bertz CT molecular complexity index is 1630. The average Bonchev–Trinajstić information content (AvgIpc) is 3.39. The fraction of sp³-hybridized carbons (Fsp3) is 0.276. The Morgan fingerprint density at radius 1 is 0.875 bits per heavy atom. The summed E-state index contributed by atoms with van der Waals surface area (Å²) >= 11 is 3.26. The number of benzene rings is 3. The van der Waals surface area contributed by atoms with Crippen molar-refractivity contribution >= 4 is 26.9 Å². The van der Waals surface area contributed by atoms with Crippen molar-refractivity contribution in [3.05, 3.63) is 86.2 Å². The molecule has 0 unspecified atom stereocenters. The van der Waals surface area contributed by atoms with Gasteiger partial charge in [0.15, 0.2) is 11.5 Å². The fourth-order valence-electron chi connectivity index (χ4n) is 5.16. The highest BCUT2D eigenvalue weighted by molar-refractivity contribution is 9.10. The van der Waals surface area contributed by atoms with Gasteiger partial charge in [-0.05, 0) is 47.5 Å². The van der Waals surface area contributed by atoms with E-state index in [1.54, 1.807) is 12.1 Å². The van der Waals surface area contributed by atoms with E-state index in [4.69, 9.17) is 13.9 Å². The van der Waals surface area contributed by atoms with Crippen molar-refractivity contribution in [2.75, 3.05) is 33.0 Å². The number of nitrogens with zero attached hydrogens (tertiary/aromatic N) is 2. The number of ether oxygens (including phenoxy) is 2. The zero-order valence-corrected chi connectivity index (χ0v) is 22.7. The summed E-state index contributed by atoms with van der Waals surface area (Å²) in [6.07, 6.45) is -4.92. The summed E-state index contributed by atoms with van der Waals surface area (Å²) in [5, 5.41) is 10.6. The van der Waals surface area contributed by atoms with E-state index in [0.29, 0.717) is 37.2 Å². The van der Waals surface area contributed by atoms with Gasteiger partial charge in [0.2, 0.25) is 18.0 Å². The number of alkyl halides is 3. The van der Waals surface area contributed by atoms with E-state index in [-0.39, 0.29) is 41.2 Å². The number of fused-ring (bicyclic) bond motifs is 2. The molecule has 11 heteroatoms. The van der Waals surface area contributed by atoms with Gasteiger partial charge in [-0.25, -0.2) is 0 Å². The molecule has 40 heavy (non-hydrogen) atoms. The van der Waals surface area contributed by atoms with Crippen molar-refractivity contribution < 1.29 is 32.2 Å². The molecule has 1 aromatic heterocycles. The standard InChI is InChI=1S/C29H24BrF3N2O5/c30-19-4-2-18(3-5-19)25-26(37)20-6-7-22(36)21(27(20)40-28(25)29(31,32)33)15-35-11-9-34(10-12-35)14-17-1-8-23-24(13-17)39-16-38-23/h1-8,13,36H,9-12,14-16H2. The predicted octanol–water partition coefficient (Wildman–Crippen LogP) is 5.99. The van der Waals surface area contributed by atoms with Crippen LogP contribution in [-0.2, 0) is 19.3 Å². The largest absolute Gasteiger partial charge is 0.507 e. The van der Waals surface area contributed by atoms with Crippen molar-refractivity contribution in [1.29, 1.82) is 0 Å². The number of phenols is 1. The molecule has 0 saturated carbocycles. The summed E-state index contributed by atoms with van der Waals surface area (Å²) in [4.78, 5) is 17.7. The van der Waals surface area contributed by atoms with Crippen molar-refractivity contribution in [2.24, 2.45) is 0 Å². The zero-order chi connectivity index (χ0) is 28.0. The van der Waals surface area contributed by atoms with E-state index < -0.39 is 22.9 Å². The third-order valence-electron chi connectivity index (χ3n) is 7.22. The molecule has 1 fully saturated rings. The van der Waals surface area contributed by atoms with Gasteiger partial charge in [0.1, 0.15) is 11.3 Å². The smallest absolute Gasteiger partial charge is 0.450 e. The Hall–Kier alpha value is -3.54. The number of aromatic hydroxyl groups is 1. The molecule has 0 aliphatic carbocycles. The maximum Gasteiger partial charge on any atom is 0.450 e. The SMILES string of the molecule is O=c1c(-c2ccc(Br)cc2)c(C(F)(F)F)oc2c(CN3CCN(Cc4ccc5c(c4)OCO5)CC3)c(O)ccc12. The summed E-state index contributed by atoms with van der Waals surface area (Å²) in [5.41, 5.74) is -0.258. The maximum atomic E-state index is 14.2. The van der Waals surface area contributed by atoms with Crippen LogP contribution in [0, 0.1) is 0 Å². The number of piperazine rings is 1. The molecular weight excluding hydrogens is 593 g/mol. The average molecular weight is 617 g/mol. The van der Waals surface area contributed by atoms with Gasteiger partial charge in [-0.15, -0.1) is 0 Å². The van der Waals surface area contributed by atoms with Crippen LogP contribution >= 0.6 is 15.9 Å². The van der Waals surface area contributed by atoms with Gasteiger partial charge in [0.05, 0.1) is 16.5 Å². The first-order chi connectivity index (χ1) is 19.2. The van der Waals surface area contributed by atoms with E-state index >= 15 is 0 Å². The van der Waals surface area contributed by atoms with Crippen LogP contribution in [0.3, 0.4) is 0 Å². The lowest BCUT2D eigenvalue weighted by atomic mass is 10.00. The molecule has 1 saturated heterocycles. The maximum absolute atomic E-state index is 14.2. The van der Waals surface area contributed by atoms with Gasteiger partial charge in [-0.3, -0.25) is 14.6 Å². The first-order valence-electron chi connectivity index (χ1n) is 12.7. The Morgan fingerprint density at radius 2 is 1.55 bits per heavy atom. The Morgan fingerprint density at radius 3 is 2.25 bits per heavy atom. The highest BCUT2D eigenvalue weighted by Gasteiger charge is 2.40. The van der Waals surface area contributed by atoms with Crippen molar-refractivity contribution in [1.82, 2.24) is 9.80 Å². The second-order valence-corrected chi connectivity index (χ2v) is 10.7. The molecule has 0 amide bonds. The second-order valence-electron chi connectivity index (χ2n) is 9.82. The summed E-state index contributed by atoms with van der Waals surface area (Å²) in [6, 6.07) is 14.5. The molecule has 0 spiro atoms. The predicted molar refractivity (Wildman–Crippen MR) is 145 cm³/mol. The van der Waals surface area contributed by atoms with Gasteiger partial charge in [-0.2, -0.15) is 13.2 Å². The molecule has 208 valence electrons. The molecule has 4 aromatic rings. The number of rotatable bonds is 5. The van der Waals surface area contributed by atoms with E-state index in [0.717, 1.165) is 17.1 Å². The fourth-order valence-corrected chi connectivity index (χ4v) is 5.43. The quantitative estimate of drug-likeness (QED) is 0.295. The van der Waals surface area contributed by atoms with Crippen LogP contribution in [0.5, 0.6) is 17.2 Å². The summed E-state index contributed by atoms with van der Waals surface area (Å²) in [5.74, 6) is -0.144. The molecular formula is C29H24BrF3N2O5. The van der Waals surface area contributed by atoms with Gasteiger partial charge in [0, 0.05) is 43.7 Å². The molecule has 3 aromatic carbocycles. The second kappa shape index (κ2) is 10.5. The summed E-state index contributed by atoms with van der Waals surface area (Å²) < 4.78 is 59.5. The Kier molecular flexibility index (Phi) is 6.97. The topological polar surface area (TPSA) is 75.4 Å². The lowest BCUT2D eigenvalue weighted by molar-refractivity contribution is -0.152. The highest BCUT2D eigenvalue weighted by Crippen LogP contribution is 2.39. The molecule has 0 bridgehead atoms. The molecule has 6 rings (SSSR count). The van der Waals surface area contributed by atoms with Crippen LogP contribution < -0.4 is 14.9 Å². The molecule has 7 nitrogen and oxygen atoms in total. The van der Waals surface area contributed by atoms with Crippen molar-refractivity contribution in [3.8, 4) is 28.4 Å². The van der Waals surface area contributed by atoms with Gasteiger partial charge >= 0.3 is 6.18 Å². The third kappa shape index (κ3) is 5.16. The van der Waals surface area contributed by atoms with E-state index in [9.17, 15) is 23.1 Å². The minimum atomic E-state index is -4.92. The number of hydrogen-bond acceptors (Lipinski definition) is 7. The lowest BCUT2D eigenvalue weighted by Crippen LogP contribution is -2.45. The van der Waals surface area contributed by atoms with E-state index in [1.807, 2.05) is 23.1 Å². The van der Waals surface area contributed by atoms with E-state index in [2.05, 4.69) is 20.8 Å². The van der Waals surface area contributed by atoms with Crippen LogP contribution in [0.4, 0.5) is 13.2 Å². The monoisotopic (exact) mass is 616 g/mol. The van der Waals surface area contributed by atoms with Crippen LogP contribution in [-0.4, -0.2) is 47.9 Å². The first-order valence-corrected chi connectivity index (χ1v) is 13.4. The van der Waals surface area contributed by atoms with Crippen LogP contribution in [0.1, 0.15) is 16.9 Å². The summed E-state index contributed by atoms with van der Waals surface area (Å²) in [7, 11) is 0. The molecule has 1 N–H and O–H groups in total. The minimum Gasteiger partial charge on any atom is -0.507 e. The first kappa shape index (κ1) is 26.7. The molecule has 3 heterocycles. The van der Waals surface area contributed by atoms with Crippen LogP contribution in [0.25, 0.3) is 22.1 Å². The Balaban J connectivity index is 1.26. The van der Waals surface area contributed by atoms with Gasteiger partial charge in [0.25, 0.3) is 0 Å². The number of phenolic OH excluding ortho intramolecular Hbond substituents is 1. The molecule has 0 atom stereocenters. The molecule has 0 radical (unpaired) electrons. The Labute approximate surface area is 235 Å². The zero-order valence-electron chi connectivity index (χ0n) is 21.1. The molecule has 2 aliphatic rings. The van der Waals surface area contributed by atoms with Crippen LogP contribution in [0.15, 0.2) is 68.3 Å². The third-order valence-corrected chi connectivity index (χ3v) is 7.75. The highest BCUT2D eigenvalue weighted by atomic mass is 79.9. The van der Waals surface area contributed by atoms with Crippen molar-refractivity contribution in [3.63, 3.8) is 0 Å².